The summed E-state index contributed by atoms with van der Waals surface area (Å²) < 4.78 is 1.07. The summed E-state index contributed by atoms with van der Waals surface area (Å²) >= 11 is 3.45. The van der Waals surface area contributed by atoms with E-state index in [-0.39, 0.29) is 0 Å². The number of anilines is 1. The summed E-state index contributed by atoms with van der Waals surface area (Å²) in [5.74, 6) is 1.72. The van der Waals surface area contributed by atoms with Gasteiger partial charge in [-0.3, -0.25) is 0 Å². The summed E-state index contributed by atoms with van der Waals surface area (Å²) in [7, 11) is 0. The van der Waals surface area contributed by atoms with E-state index < -0.39 is 0 Å². The van der Waals surface area contributed by atoms with Crippen LogP contribution in [0.5, 0.6) is 0 Å². The molecule has 0 spiro atoms. The highest BCUT2D eigenvalue weighted by Gasteiger charge is 2.13. The van der Waals surface area contributed by atoms with Crippen LogP contribution in [0, 0.1) is 12.8 Å². The Hall–Kier alpha value is -0.610. The van der Waals surface area contributed by atoms with Gasteiger partial charge < -0.3 is 10.6 Å². The lowest BCUT2D eigenvalue weighted by Crippen LogP contribution is -2.17. The number of hydrogen-bond acceptors (Lipinski definition) is 3. The summed E-state index contributed by atoms with van der Waals surface area (Å²) in [6.07, 6.45) is 1.27. The molecule has 0 aliphatic carbocycles. The highest BCUT2D eigenvalue weighted by Crippen LogP contribution is 2.17. The van der Waals surface area contributed by atoms with E-state index in [1.165, 1.54) is 6.42 Å². The molecule has 3 nitrogen and oxygen atoms in total. The summed E-state index contributed by atoms with van der Waals surface area (Å²) in [6, 6.07) is 4.05. The lowest BCUT2D eigenvalue weighted by molar-refractivity contribution is 0.614. The van der Waals surface area contributed by atoms with Crippen molar-refractivity contribution in [3.05, 3.63) is 22.3 Å². The molecule has 1 aliphatic heterocycles. The molecule has 0 bridgehead atoms. The van der Waals surface area contributed by atoms with Crippen LogP contribution < -0.4 is 10.6 Å². The van der Waals surface area contributed by atoms with Crippen molar-refractivity contribution in [2.24, 2.45) is 5.92 Å². The minimum Gasteiger partial charge on any atom is -0.370 e. The Kier molecular flexibility index (Phi) is 3.59. The van der Waals surface area contributed by atoms with E-state index in [1.54, 1.807) is 0 Å². The summed E-state index contributed by atoms with van der Waals surface area (Å²) in [5, 5.41) is 6.74. The number of nitrogens with one attached hydrogen (secondary N) is 2. The second-order valence-electron chi connectivity index (χ2n) is 4.00. The molecule has 0 radical (unpaired) electrons. The first-order valence-electron chi connectivity index (χ1n) is 5.33. The van der Waals surface area contributed by atoms with Crippen LogP contribution in [0.15, 0.2) is 16.6 Å². The number of aromatic nitrogens is 1. The molecule has 1 atom stereocenters. The van der Waals surface area contributed by atoms with Crippen molar-refractivity contribution < 1.29 is 0 Å². The molecule has 82 valence electrons. The van der Waals surface area contributed by atoms with E-state index in [4.69, 9.17) is 0 Å². The Bertz CT molecular complexity index is 335. The quantitative estimate of drug-likeness (QED) is 0.884. The average Bonchev–Trinajstić information content (AvgIpc) is 2.73. The van der Waals surface area contributed by atoms with Gasteiger partial charge in [0.2, 0.25) is 0 Å². The first kappa shape index (κ1) is 10.9. The van der Waals surface area contributed by atoms with Crippen molar-refractivity contribution in [2.45, 2.75) is 13.3 Å². The second kappa shape index (κ2) is 4.94. The molecule has 4 heteroatoms. The lowest BCUT2D eigenvalue weighted by Gasteiger charge is -2.11. The smallest absolute Gasteiger partial charge is 0.126 e. The summed E-state index contributed by atoms with van der Waals surface area (Å²) in [5.41, 5.74) is 1.03. The predicted molar refractivity (Wildman–Crippen MR) is 66.1 cm³/mol. The average molecular weight is 270 g/mol. The molecule has 1 saturated heterocycles. The Morgan fingerprint density at radius 1 is 1.60 bits per heavy atom. The molecule has 0 aromatic carbocycles. The van der Waals surface area contributed by atoms with Gasteiger partial charge in [0.05, 0.1) is 5.69 Å². The third-order valence-corrected chi connectivity index (χ3v) is 3.59. The summed E-state index contributed by atoms with van der Waals surface area (Å²) in [6.45, 7) is 5.30. The van der Waals surface area contributed by atoms with E-state index in [2.05, 4.69) is 31.5 Å². The van der Waals surface area contributed by atoms with Crippen LogP contribution in [0.2, 0.25) is 0 Å². The molecular weight excluding hydrogens is 254 g/mol. The maximum Gasteiger partial charge on any atom is 0.126 e. The van der Waals surface area contributed by atoms with Crippen molar-refractivity contribution in [2.75, 3.05) is 25.0 Å². The van der Waals surface area contributed by atoms with Gasteiger partial charge in [0, 0.05) is 11.0 Å². The maximum atomic E-state index is 4.46. The van der Waals surface area contributed by atoms with Crippen LogP contribution in [0.1, 0.15) is 12.1 Å². The first-order valence-corrected chi connectivity index (χ1v) is 6.13. The van der Waals surface area contributed by atoms with Crippen LogP contribution in [0.4, 0.5) is 5.82 Å². The molecule has 1 aliphatic rings. The minimum absolute atomic E-state index is 0.746. The number of pyridine rings is 1. The molecule has 1 aromatic heterocycles. The standard InChI is InChI=1S/C11H16BrN3/c1-8-10(12)2-3-11(15-8)14-7-9-4-5-13-6-9/h2-3,9,13H,4-7H2,1H3,(H,14,15). The molecule has 0 saturated carbocycles. The van der Waals surface area contributed by atoms with E-state index in [1.807, 2.05) is 19.1 Å². The third-order valence-electron chi connectivity index (χ3n) is 2.76. The van der Waals surface area contributed by atoms with Gasteiger partial charge in [-0.15, -0.1) is 0 Å². The molecule has 15 heavy (non-hydrogen) atoms. The fraction of sp³-hybridized carbons (Fsp3) is 0.545. The van der Waals surface area contributed by atoms with Crippen LogP contribution in [0.25, 0.3) is 0 Å². The third kappa shape index (κ3) is 2.92. The van der Waals surface area contributed by atoms with Crippen molar-refractivity contribution in [3.8, 4) is 0 Å². The van der Waals surface area contributed by atoms with Crippen LogP contribution in [-0.4, -0.2) is 24.6 Å². The van der Waals surface area contributed by atoms with E-state index in [0.29, 0.717) is 0 Å². The zero-order valence-electron chi connectivity index (χ0n) is 8.89. The molecule has 1 aromatic rings. The van der Waals surface area contributed by atoms with Crippen LogP contribution >= 0.6 is 15.9 Å². The van der Waals surface area contributed by atoms with Crippen molar-refractivity contribution in [3.63, 3.8) is 0 Å². The number of nitrogens with zero attached hydrogens (tertiary/aromatic N) is 1. The molecule has 2 N–H and O–H groups in total. The Labute approximate surface area is 98.8 Å². The number of aryl methyl sites for hydroxylation is 1. The van der Waals surface area contributed by atoms with Crippen molar-refractivity contribution in [1.29, 1.82) is 0 Å². The molecule has 2 heterocycles. The zero-order chi connectivity index (χ0) is 10.7. The van der Waals surface area contributed by atoms with Gasteiger partial charge >= 0.3 is 0 Å². The monoisotopic (exact) mass is 269 g/mol. The lowest BCUT2D eigenvalue weighted by atomic mass is 10.1. The predicted octanol–water partition coefficient (Wildman–Crippen LogP) is 2.17. The van der Waals surface area contributed by atoms with Gasteiger partial charge in [-0.2, -0.15) is 0 Å². The SMILES string of the molecule is Cc1nc(NCC2CCNC2)ccc1Br. The van der Waals surface area contributed by atoms with Gasteiger partial charge in [0.1, 0.15) is 5.82 Å². The topological polar surface area (TPSA) is 37.0 Å². The summed E-state index contributed by atoms with van der Waals surface area (Å²) in [4.78, 5) is 4.46. The minimum atomic E-state index is 0.746. The molecule has 0 amide bonds. The Morgan fingerprint density at radius 2 is 2.47 bits per heavy atom. The molecular formula is C11H16BrN3. The van der Waals surface area contributed by atoms with Gasteiger partial charge in [-0.1, -0.05) is 0 Å². The highest BCUT2D eigenvalue weighted by molar-refractivity contribution is 9.10. The van der Waals surface area contributed by atoms with Gasteiger partial charge in [0.15, 0.2) is 0 Å². The normalized spacial score (nSPS) is 20.5. The molecule has 1 fully saturated rings. The van der Waals surface area contributed by atoms with Gasteiger partial charge in [0.25, 0.3) is 0 Å². The van der Waals surface area contributed by atoms with Crippen molar-refractivity contribution in [1.82, 2.24) is 10.3 Å². The fourth-order valence-corrected chi connectivity index (χ4v) is 2.00. The van der Waals surface area contributed by atoms with Gasteiger partial charge in [-0.25, -0.2) is 4.98 Å². The van der Waals surface area contributed by atoms with E-state index in [0.717, 1.165) is 41.5 Å². The van der Waals surface area contributed by atoms with Gasteiger partial charge in [-0.05, 0) is 60.4 Å². The van der Waals surface area contributed by atoms with E-state index in [9.17, 15) is 0 Å². The largest absolute Gasteiger partial charge is 0.370 e. The Morgan fingerprint density at radius 3 is 3.13 bits per heavy atom. The zero-order valence-corrected chi connectivity index (χ0v) is 10.5. The maximum absolute atomic E-state index is 4.46. The van der Waals surface area contributed by atoms with Crippen molar-refractivity contribution >= 4 is 21.7 Å². The molecule has 1 unspecified atom stereocenters. The van der Waals surface area contributed by atoms with E-state index >= 15 is 0 Å². The second-order valence-corrected chi connectivity index (χ2v) is 4.86. The highest BCUT2D eigenvalue weighted by atomic mass is 79.9. The number of rotatable bonds is 3. The number of hydrogen-bond donors (Lipinski definition) is 2. The number of halogens is 1. The van der Waals surface area contributed by atoms with Crippen LogP contribution in [0.3, 0.4) is 0 Å². The fourth-order valence-electron chi connectivity index (χ4n) is 1.78. The van der Waals surface area contributed by atoms with Crippen LogP contribution in [-0.2, 0) is 0 Å². The molecule has 2 rings (SSSR count). The Balaban J connectivity index is 1.90. The first-order chi connectivity index (χ1) is 7.25.